The summed E-state index contributed by atoms with van der Waals surface area (Å²) in [7, 11) is 0. The summed E-state index contributed by atoms with van der Waals surface area (Å²) in [5.74, 6) is 0. The molecule has 2 aromatic rings. The zero-order valence-electron chi connectivity index (χ0n) is 6.95. The zero-order valence-corrected chi connectivity index (χ0v) is 8.52. The molecule has 4 heteroatoms. The molecule has 0 aliphatic rings. The lowest BCUT2D eigenvalue weighted by Gasteiger charge is -1.96. The Balaban J connectivity index is 2.96. The quantitative estimate of drug-likeness (QED) is 0.694. The average Bonchev–Trinajstić information content (AvgIpc) is 2.60. The molecule has 0 radical (unpaired) electrons. The van der Waals surface area contributed by atoms with Crippen LogP contribution in [0.5, 0.6) is 0 Å². The number of rotatable bonds is 1. The number of thiophene rings is 1. The van der Waals surface area contributed by atoms with Crippen molar-refractivity contribution in [3.8, 4) is 6.07 Å². The normalized spacial score (nSPS) is 10.0. The van der Waals surface area contributed by atoms with Gasteiger partial charge in [0.25, 0.3) is 0 Å². The minimum atomic E-state index is 0.532. The van der Waals surface area contributed by atoms with Crippen molar-refractivity contribution in [2.75, 3.05) is 0 Å². The molecular weight excluding hydrogens is 218 g/mol. The summed E-state index contributed by atoms with van der Waals surface area (Å²) < 4.78 is 0.780. The molecule has 68 valence electrons. The number of nitriles is 1. The second kappa shape index (κ2) is 3.41. The van der Waals surface area contributed by atoms with Crippen LogP contribution in [-0.2, 0) is 0 Å². The highest BCUT2D eigenvalue weighted by Gasteiger charge is 2.10. The number of aldehydes is 1. The third-order valence-electron chi connectivity index (χ3n) is 1.96. The van der Waals surface area contributed by atoms with Crippen LogP contribution in [-0.4, -0.2) is 6.29 Å². The van der Waals surface area contributed by atoms with Gasteiger partial charge in [0.05, 0.1) is 15.3 Å². The van der Waals surface area contributed by atoms with Crippen molar-refractivity contribution >= 4 is 39.3 Å². The third-order valence-corrected chi connectivity index (χ3v) is 3.40. The third kappa shape index (κ3) is 1.20. The smallest absolute Gasteiger partial charge is 0.150 e. The highest BCUT2D eigenvalue weighted by Crippen LogP contribution is 2.34. The van der Waals surface area contributed by atoms with Gasteiger partial charge in [-0.2, -0.15) is 5.26 Å². The standard InChI is InChI=1S/C10H4ClNOS/c11-8-5-14-10-6(3-12)1-2-7(4-13)9(8)10/h1-2,4-5H. The van der Waals surface area contributed by atoms with Gasteiger partial charge in [0.1, 0.15) is 6.07 Å². The monoisotopic (exact) mass is 221 g/mol. The van der Waals surface area contributed by atoms with Crippen molar-refractivity contribution in [1.29, 1.82) is 5.26 Å². The number of benzene rings is 1. The molecule has 0 aliphatic heterocycles. The highest BCUT2D eigenvalue weighted by atomic mass is 35.5. The SMILES string of the molecule is N#Cc1ccc(C=O)c2c(Cl)csc12. The van der Waals surface area contributed by atoms with E-state index >= 15 is 0 Å². The van der Waals surface area contributed by atoms with Crippen LogP contribution < -0.4 is 0 Å². The van der Waals surface area contributed by atoms with Crippen LogP contribution in [0.4, 0.5) is 0 Å². The van der Waals surface area contributed by atoms with Crippen molar-refractivity contribution in [3.63, 3.8) is 0 Å². The lowest BCUT2D eigenvalue weighted by atomic mass is 10.1. The second-order valence-electron chi connectivity index (χ2n) is 2.72. The fourth-order valence-electron chi connectivity index (χ4n) is 1.32. The first-order valence-electron chi connectivity index (χ1n) is 3.83. The molecule has 0 fully saturated rings. The Morgan fingerprint density at radius 3 is 2.93 bits per heavy atom. The maximum atomic E-state index is 10.7. The first-order valence-corrected chi connectivity index (χ1v) is 5.08. The van der Waals surface area contributed by atoms with Gasteiger partial charge in [-0.15, -0.1) is 11.3 Å². The van der Waals surface area contributed by atoms with Gasteiger partial charge in [-0.05, 0) is 12.1 Å². The van der Waals surface area contributed by atoms with Gasteiger partial charge < -0.3 is 0 Å². The van der Waals surface area contributed by atoms with Crippen LogP contribution in [0.1, 0.15) is 15.9 Å². The summed E-state index contributed by atoms with van der Waals surface area (Å²) in [5, 5.41) is 11.8. The van der Waals surface area contributed by atoms with Crippen LogP contribution in [0, 0.1) is 11.3 Å². The van der Waals surface area contributed by atoms with Crippen LogP contribution in [0.25, 0.3) is 10.1 Å². The Kier molecular flexibility index (Phi) is 2.24. The number of hydrogen-bond donors (Lipinski definition) is 0. The van der Waals surface area contributed by atoms with E-state index in [0.717, 1.165) is 11.0 Å². The molecule has 0 bridgehead atoms. The molecule has 1 aromatic carbocycles. The van der Waals surface area contributed by atoms with Gasteiger partial charge >= 0.3 is 0 Å². The van der Waals surface area contributed by atoms with Gasteiger partial charge in [0.15, 0.2) is 6.29 Å². The fourth-order valence-corrected chi connectivity index (χ4v) is 2.64. The molecule has 0 aliphatic carbocycles. The fraction of sp³-hybridized carbons (Fsp3) is 0. The Bertz CT molecular complexity index is 553. The van der Waals surface area contributed by atoms with E-state index in [1.54, 1.807) is 17.5 Å². The van der Waals surface area contributed by atoms with Gasteiger partial charge in [-0.3, -0.25) is 4.79 Å². The van der Waals surface area contributed by atoms with Crippen molar-refractivity contribution < 1.29 is 4.79 Å². The summed E-state index contributed by atoms with van der Waals surface area (Å²) in [6.45, 7) is 0. The number of carbonyl (C=O) groups excluding carboxylic acids is 1. The predicted molar refractivity (Wildman–Crippen MR) is 56.9 cm³/mol. The molecule has 0 N–H and O–H groups in total. The van der Waals surface area contributed by atoms with Gasteiger partial charge in [-0.1, -0.05) is 11.6 Å². The molecule has 2 nitrogen and oxygen atoms in total. The molecule has 0 saturated carbocycles. The number of halogens is 1. The summed E-state index contributed by atoms with van der Waals surface area (Å²) in [6.07, 6.45) is 0.752. The summed E-state index contributed by atoms with van der Waals surface area (Å²) in [4.78, 5) is 10.7. The lowest BCUT2D eigenvalue weighted by molar-refractivity contribution is 0.112. The molecule has 0 saturated heterocycles. The summed E-state index contributed by atoms with van der Waals surface area (Å²) in [6, 6.07) is 5.33. The largest absolute Gasteiger partial charge is 0.298 e. The molecule has 0 spiro atoms. The lowest BCUT2D eigenvalue weighted by Crippen LogP contribution is -1.83. The maximum absolute atomic E-state index is 10.7. The van der Waals surface area contributed by atoms with Crippen LogP contribution in [0.2, 0.25) is 5.02 Å². The molecule has 0 unspecified atom stereocenters. The highest BCUT2D eigenvalue weighted by molar-refractivity contribution is 7.18. The first-order chi connectivity index (χ1) is 6.77. The number of carbonyl (C=O) groups is 1. The predicted octanol–water partition coefficient (Wildman–Crippen LogP) is 3.24. The molecule has 2 rings (SSSR count). The minimum Gasteiger partial charge on any atom is -0.298 e. The van der Waals surface area contributed by atoms with E-state index in [1.165, 1.54) is 11.3 Å². The molecule has 0 atom stereocenters. The molecule has 0 amide bonds. The number of hydrogen-bond acceptors (Lipinski definition) is 3. The Hall–Kier alpha value is -1.37. The maximum Gasteiger partial charge on any atom is 0.150 e. The molecular formula is C10H4ClNOS. The zero-order chi connectivity index (χ0) is 10.1. The van der Waals surface area contributed by atoms with E-state index in [0.29, 0.717) is 21.5 Å². The second-order valence-corrected chi connectivity index (χ2v) is 4.01. The van der Waals surface area contributed by atoms with Crippen molar-refractivity contribution in [2.45, 2.75) is 0 Å². The van der Waals surface area contributed by atoms with E-state index in [1.807, 2.05) is 0 Å². The minimum absolute atomic E-state index is 0.532. The number of nitrogens with zero attached hydrogens (tertiary/aromatic N) is 1. The molecule has 1 heterocycles. The first kappa shape index (κ1) is 9.20. The van der Waals surface area contributed by atoms with Crippen LogP contribution in [0.3, 0.4) is 0 Å². The van der Waals surface area contributed by atoms with Crippen molar-refractivity contribution in [3.05, 3.63) is 33.7 Å². The Morgan fingerprint density at radius 1 is 1.50 bits per heavy atom. The van der Waals surface area contributed by atoms with E-state index in [4.69, 9.17) is 16.9 Å². The van der Waals surface area contributed by atoms with Gasteiger partial charge in [0, 0.05) is 16.3 Å². The summed E-state index contributed by atoms with van der Waals surface area (Å²) >= 11 is 7.31. The van der Waals surface area contributed by atoms with Crippen LogP contribution in [0.15, 0.2) is 17.5 Å². The van der Waals surface area contributed by atoms with E-state index in [-0.39, 0.29) is 0 Å². The Labute approximate surface area is 89.3 Å². The topological polar surface area (TPSA) is 40.9 Å². The van der Waals surface area contributed by atoms with E-state index < -0.39 is 0 Å². The van der Waals surface area contributed by atoms with Gasteiger partial charge in [0.2, 0.25) is 0 Å². The van der Waals surface area contributed by atoms with E-state index in [2.05, 4.69) is 6.07 Å². The van der Waals surface area contributed by atoms with Crippen molar-refractivity contribution in [2.24, 2.45) is 0 Å². The number of fused-ring (bicyclic) bond motifs is 1. The van der Waals surface area contributed by atoms with Crippen LogP contribution >= 0.6 is 22.9 Å². The van der Waals surface area contributed by atoms with Crippen molar-refractivity contribution in [1.82, 2.24) is 0 Å². The summed E-state index contributed by atoms with van der Waals surface area (Å²) in [5.41, 5.74) is 1.09. The van der Waals surface area contributed by atoms with Gasteiger partial charge in [-0.25, -0.2) is 0 Å². The Morgan fingerprint density at radius 2 is 2.29 bits per heavy atom. The molecule has 1 aromatic heterocycles. The van der Waals surface area contributed by atoms with E-state index in [9.17, 15) is 4.79 Å². The average molecular weight is 222 g/mol. The molecule has 14 heavy (non-hydrogen) atoms.